The van der Waals surface area contributed by atoms with Crippen LogP contribution in [0.4, 0.5) is 0 Å². The Morgan fingerprint density at radius 2 is 2.31 bits per heavy atom. The fourth-order valence-electron chi connectivity index (χ4n) is 0.897. The van der Waals surface area contributed by atoms with Crippen molar-refractivity contribution in [1.29, 1.82) is 0 Å². The smallest absolute Gasteiger partial charge is 0.145 e. The average molecular weight is 294 g/mol. The highest BCUT2D eigenvalue weighted by Gasteiger charge is 1.99. The Balaban J connectivity index is 3.78. The number of carbonyl (C=O) groups is 1. The van der Waals surface area contributed by atoms with Crippen LogP contribution >= 0.6 is 22.6 Å². The molecule has 0 aromatic heterocycles. The molecule has 0 aliphatic carbocycles. The van der Waals surface area contributed by atoms with Crippen molar-refractivity contribution in [3.8, 4) is 0 Å². The minimum Gasteiger partial charge on any atom is -0.377 e. The van der Waals surface area contributed by atoms with Gasteiger partial charge in [-0.3, -0.25) is 4.79 Å². The molecule has 0 amide bonds. The van der Waals surface area contributed by atoms with E-state index >= 15 is 0 Å². The van der Waals surface area contributed by atoms with Gasteiger partial charge < -0.3 is 4.74 Å². The van der Waals surface area contributed by atoms with E-state index in [2.05, 4.69) is 22.6 Å². The molecule has 0 aromatic rings. The third-order valence-electron chi connectivity index (χ3n) is 1.69. The number of carbonyl (C=O) groups excluding carboxylic acids is 1. The molecule has 0 rings (SSSR count). The maximum atomic E-state index is 10.3. The highest BCUT2D eigenvalue weighted by molar-refractivity contribution is 14.1. The van der Waals surface area contributed by atoms with Crippen LogP contribution in [0.15, 0.2) is 21.8 Å². The van der Waals surface area contributed by atoms with Gasteiger partial charge in [0.25, 0.3) is 0 Å². The number of hydrogen-bond acceptors (Lipinski definition) is 2. The van der Waals surface area contributed by atoms with Crippen molar-refractivity contribution in [3.05, 3.63) is 21.8 Å². The van der Waals surface area contributed by atoms with Crippen LogP contribution in [0.3, 0.4) is 0 Å². The molecule has 0 fully saturated rings. The third-order valence-corrected chi connectivity index (χ3v) is 2.11. The molecule has 13 heavy (non-hydrogen) atoms. The Kier molecular flexibility index (Phi) is 8.33. The summed E-state index contributed by atoms with van der Waals surface area (Å²) >= 11 is 2.17. The Hall–Kier alpha value is -0.160. The van der Waals surface area contributed by atoms with Gasteiger partial charge in [0.2, 0.25) is 0 Å². The molecule has 2 nitrogen and oxygen atoms in total. The topological polar surface area (TPSA) is 26.3 Å². The van der Waals surface area contributed by atoms with Crippen molar-refractivity contribution in [2.45, 2.75) is 25.9 Å². The summed E-state index contributed by atoms with van der Waals surface area (Å²) in [6.07, 6.45) is 6.76. The molecule has 0 aliphatic rings. The van der Waals surface area contributed by atoms with E-state index < -0.39 is 0 Å². The zero-order chi connectivity index (χ0) is 10.1. The van der Waals surface area contributed by atoms with Gasteiger partial charge in [0.1, 0.15) is 6.29 Å². The second-order valence-corrected chi connectivity index (χ2v) is 3.46. The lowest BCUT2D eigenvalue weighted by Gasteiger charge is -2.07. The number of methoxy groups -OCH3 is 1. The van der Waals surface area contributed by atoms with Crippen LogP contribution < -0.4 is 0 Å². The molecule has 0 saturated carbocycles. The first kappa shape index (κ1) is 12.8. The number of allylic oxidation sites excluding steroid dienone is 2. The molecule has 0 aliphatic heterocycles. The fraction of sp³-hybridized carbons (Fsp3) is 0.500. The molecule has 0 unspecified atom stereocenters. The van der Waals surface area contributed by atoms with Crippen molar-refractivity contribution in [1.82, 2.24) is 0 Å². The summed E-state index contributed by atoms with van der Waals surface area (Å²) in [6.45, 7) is 1.81. The Morgan fingerprint density at radius 1 is 1.62 bits per heavy atom. The molecule has 0 heterocycles. The van der Waals surface area contributed by atoms with E-state index in [0.29, 0.717) is 0 Å². The zero-order valence-corrected chi connectivity index (χ0v) is 10.2. The Bertz CT molecular complexity index is 197. The predicted octanol–water partition coefficient (Wildman–Crippen LogP) is 2.88. The molecule has 74 valence electrons. The number of aldehydes is 1. The van der Waals surface area contributed by atoms with Gasteiger partial charge in [-0.1, -0.05) is 28.7 Å². The van der Waals surface area contributed by atoms with Crippen LogP contribution in [0.5, 0.6) is 0 Å². The van der Waals surface area contributed by atoms with Gasteiger partial charge in [0, 0.05) is 7.11 Å². The molecule has 0 radical (unpaired) electrons. The van der Waals surface area contributed by atoms with Gasteiger partial charge in [-0.05, 0) is 35.5 Å². The lowest BCUT2D eigenvalue weighted by Crippen LogP contribution is -2.05. The fourth-order valence-corrected chi connectivity index (χ4v) is 1.36. The minimum absolute atomic E-state index is 0.160. The van der Waals surface area contributed by atoms with E-state index in [4.69, 9.17) is 4.74 Å². The highest BCUT2D eigenvalue weighted by Crippen LogP contribution is 2.06. The Morgan fingerprint density at radius 3 is 2.77 bits per heavy atom. The van der Waals surface area contributed by atoms with E-state index in [1.807, 2.05) is 23.2 Å². The van der Waals surface area contributed by atoms with Crippen LogP contribution in [0.25, 0.3) is 0 Å². The minimum atomic E-state index is 0.160. The maximum absolute atomic E-state index is 10.3. The molecule has 0 N–H and O–H groups in total. The van der Waals surface area contributed by atoms with Crippen LogP contribution in [0, 0.1) is 0 Å². The highest BCUT2D eigenvalue weighted by atomic mass is 127. The van der Waals surface area contributed by atoms with Crippen LogP contribution in [0.1, 0.15) is 19.8 Å². The standard InChI is InChI=1S/C10H15IO2/c1-9(8-12)4-3-5-10(13-2)6-7-11/h4,6-8,10H,3,5H2,1-2H3/b7-6+,9-4-/t10-/m0/s1. The third kappa shape index (κ3) is 6.95. The number of rotatable bonds is 6. The number of hydrogen-bond donors (Lipinski definition) is 0. The van der Waals surface area contributed by atoms with Gasteiger partial charge >= 0.3 is 0 Å². The van der Waals surface area contributed by atoms with E-state index in [-0.39, 0.29) is 6.10 Å². The second-order valence-electron chi connectivity index (χ2n) is 2.74. The van der Waals surface area contributed by atoms with Crippen molar-refractivity contribution >= 4 is 28.9 Å². The van der Waals surface area contributed by atoms with Gasteiger partial charge in [-0.2, -0.15) is 0 Å². The van der Waals surface area contributed by atoms with Crippen LogP contribution in [-0.4, -0.2) is 19.5 Å². The first-order chi connectivity index (χ1) is 6.24. The van der Waals surface area contributed by atoms with Crippen LogP contribution in [0.2, 0.25) is 0 Å². The lowest BCUT2D eigenvalue weighted by atomic mass is 10.1. The SMILES string of the molecule is CO[C@H](/C=C/I)CC/C=C(/C)C=O. The molecular formula is C10H15IO2. The summed E-state index contributed by atoms with van der Waals surface area (Å²) in [6, 6.07) is 0. The number of halogens is 1. The molecule has 0 bridgehead atoms. The Labute approximate surface area is 93.2 Å². The van der Waals surface area contributed by atoms with Gasteiger partial charge in [-0.15, -0.1) is 0 Å². The molecule has 3 heteroatoms. The second kappa shape index (κ2) is 8.44. The average Bonchev–Trinajstić information content (AvgIpc) is 2.16. The largest absolute Gasteiger partial charge is 0.377 e. The summed E-state index contributed by atoms with van der Waals surface area (Å²) in [5, 5.41) is 0. The first-order valence-corrected chi connectivity index (χ1v) is 5.40. The maximum Gasteiger partial charge on any atom is 0.145 e. The number of ether oxygens (including phenoxy) is 1. The van der Waals surface area contributed by atoms with E-state index in [1.54, 1.807) is 7.11 Å². The van der Waals surface area contributed by atoms with E-state index in [1.165, 1.54) is 0 Å². The summed E-state index contributed by atoms with van der Waals surface area (Å²) < 4.78 is 7.14. The molecular weight excluding hydrogens is 279 g/mol. The zero-order valence-electron chi connectivity index (χ0n) is 8.00. The van der Waals surface area contributed by atoms with Crippen molar-refractivity contribution in [3.63, 3.8) is 0 Å². The quantitative estimate of drug-likeness (QED) is 0.428. The van der Waals surface area contributed by atoms with Gasteiger partial charge in [0.05, 0.1) is 6.10 Å². The summed E-state index contributed by atoms with van der Waals surface area (Å²) in [5.41, 5.74) is 0.785. The summed E-state index contributed by atoms with van der Waals surface area (Å²) in [4.78, 5) is 10.3. The normalized spacial score (nSPS) is 14.8. The summed E-state index contributed by atoms with van der Waals surface area (Å²) in [5.74, 6) is 0. The lowest BCUT2D eigenvalue weighted by molar-refractivity contribution is -0.104. The van der Waals surface area contributed by atoms with Crippen molar-refractivity contribution in [2.75, 3.05) is 7.11 Å². The van der Waals surface area contributed by atoms with Gasteiger partial charge in [0.15, 0.2) is 0 Å². The van der Waals surface area contributed by atoms with Crippen molar-refractivity contribution < 1.29 is 9.53 Å². The molecule has 1 atom stereocenters. The molecule has 0 spiro atoms. The van der Waals surface area contributed by atoms with Gasteiger partial charge in [-0.25, -0.2) is 0 Å². The van der Waals surface area contributed by atoms with E-state index in [0.717, 1.165) is 24.7 Å². The molecule has 0 aromatic carbocycles. The van der Waals surface area contributed by atoms with Crippen LogP contribution in [-0.2, 0) is 9.53 Å². The first-order valence-electron chi connectivity index (χ1n) is 4.16. The monoisotopic (exact) mass is 294 g/mol. The predicted molar refractivity (Wildman–Crippen MR) is 63.0 cm³/mol. The van der Waals surface area contributed by atoms with E-state index in [9.17, 15) is 4.79 Å². The molecule has 0 saturated heterocycles. The summed E-state index contributed by atoms with van der Waals surface area (Å²) in [7, 11) is 1.69. The van der Waals surface area contributed by atoms with Crippen molar-refractivity contribution in [2.24, 2.45) is 0 Å².